The molecule has 2 unspecified atom stereocenters. The van der Waals surface area contributed by atoms with Crippen LogP contribution in [0, 0.1) is 5.92 Å². The predicted molar refractivity (Wildman–Crippen MR) is 75.4 cm³/mol. The minimum Gasteiger partial charge on any atom is -0.491 e. The molecular weight excluding hydrogens is 242 g/mol. The van der Waals surface area contributed by atoms with E-state index >= 15 is 0 Å². The van der Waals surface area contributed by atoms with Gasteiger partial charge in [0.25, 0.3) is 0 Å². The van der Waals surface area contributed by atoms with Gasteiger partial charge in [0.1, 0.15) is 5.75 Å². The minimum absolute atomic E-state index is 0.133. The molecule has 0 saturated heterocycles. The first-order chi connectivity index (χ1) is 8.99. The molecule has 1 rings (SSSR count). The highest BCUT2D eigenvalue weighted by molar-refractivity contribution is 5.71. The van der Waals surface area contributed by atoms with E-state index < -0.39 is 11.9 Å². The first-order valence-corrected chi connectivity index (χ1v) is 6.66. The fraction of sp³-hybridized carbons (Fsp3) is 0.533. The standard InChI is InChI=1S/C15H23NO3/c1-5-13(15(17)18)14(16-4)11-6-8-12(9-7-11)19-10(2)3/h6-10,13-14,16H,5H2,1-4H3,(H,17,18). The molecule has 0 radical (unpaired) electrons. The summed E-state index contributed by atoms with van der Waals surface area (Å²) < 4.78 is 5.58. The molecule has 0 saturated carbocycles. The molecule has 0 aromatic heterocycles. The van der Waals surface area contributed by atoms with Crippen LogP contribution in [0.2, 0.25) is 0 Å². The molecule has 0 fully saturated rings. The highest BCUT2D eigenvalue weighted by Gasteiger charge is 2.26. The Bertz CT molecular complexity index is 400. The van der Waals surface area contributed by atoms with Crippen LogP contribution < -0.4 is 10.1 Å². The molecule has 2 N–H and O–H groups in total. The van der Waals surface area contributed by atoms with Gasteiger partial charge in [-0.1, -0.05) is 19.1 Å². The zero-order valence-corrected chi connectivity index (χ0v) is 12.0. The van der Waals surface area contributed by atoms with Crippen molar-refractivity contribution in [2.45, 2.75) is 39.3 Å². The second kappa shape index (κ2) is 7.14. The molecule has 0 heterocycles. The van der Waals surface area contributed by atoms with Crippen LogP contribution in [0.5, 0.6) is 5.75 Å². The number of carboxylic acids is 1. The van der Waals surface area contributed by atoms with E-state index in [-0.39, 0.29) is 12.1 Å². The maximum atomic E-state index is 11.3. The van der Waals surface area contributed by atoms with Gasteiger partial charge in [-0.15, -0.1) is 0 Å². The topological polar surface area (TPSA) is 58.6 Å². The molecule has 1 aromatic carbocycles. The molecule has 1 aromatic rings. The molecule has 0 aliphatic rings. The van der Waals surface area contributed by atoms with Crippen molar-refractivity contribution >= 4 is 5.97 Å². The number of ether oxygens (including phenoxy) is 1. The number of carboxylic acid groups (broad SMARTS) is 1. The quantitative estimate of drug-likeness (QED) is 0.796. The maximum Gasteiger partial charge on any atom is 0.308 e. The lowest BCUT2D eigenvalue weighted by molar-refractivity contribution is -0.143. The van der Waals surface area contributed by atoms with Gasteiger partial charge in [0, 0.05) is 6.04 Å². The zero-order valence-electron chi connectivity index (χ0n) is 12.0. The van der Waals surface area contributed by atoms with Crippen molar-refractivity contribution in [3.8, 4) is 5.75 Å². The average molecular weight is 265 g/mol. The summed E-state index contributed by atoms with van der Waals surface area (Å²) in [4.78, 5) is 11.3. The van der Waals surface area contributed by atoms with Gasteiger partial charge in [-0.2, -0.15) is 0 Å². The lowest BCUT2D eigenvalue weighted by Gasteiger charge is -2.23. The van der Waals surface area contributed by atoms with Crippen LogP contribution in [0.3, 0.4) is 0 Å². The van der Waals surface area contributed by atoms with Crippen molar-refractivity contribution in [3.05, 3.63) is 29.8 Å². The van der Waals surface area contributed by atoms with Gasteiger partial charge in [-0.05, 0) is 45.0 Å². The fourth-order valence-electron chi connectivity index (χ4n) is 2.18. The summed E-state index contributed by atoms with van der Waals surface area (Å²) in [5, 5.41) is 12.3. The molecule has 0 aliphatic heterocycles. The van der Waals surface area contributed by atoms with E-state index in [1.54, 1.807) is 7.05 Å². The number of nitrogens with one attached hydrogen (secondary N) is 1. The van der Waals surface area contributed by atoms with Gasteiger partial charge in [0.2, 0.25) is 0 Å². The van der Waals surface area contributed by atoms with E-state index in [4.69, 9.17) is 4.74 Å². The van der Waals surface area contributed by atoms with E-state index in [0.29, 0.717) is 6.42 Å². The van der Waals surface area contributed by atoms with E-state index in [9.17, 15) is 9.90 Å². The normalized spacial score (nSPS) is 14.2. The SMILES string of the molecule is CCC(C(=O)O)C(NC)c1ccc(OC(C)C)cc1. The molecular formula is C15H23NO3. The van der Waals surface area contributed by atoms with Crippen molar-refractivity contribution < 1.29 is 14.6 Å². The summed E-state index contributed by atoms with van der Waals surface area (Å²) in [6.07, 6.45) is 0.721. The predicted octanol–water partition coefficient (Wildman–Crippen LogP) is 2.85. The van der Waals surface area contributed by atoms with Gasteiger partial charge in [-0.3, -0.25) is 4.79 Å². The summed E-state index contributed by atoms with van der Waals surface area (Å²) >= 11 is 0. The summed E-state index contributed by atoms with van der Waals surface area (Å²) in [6, 6.07) is 7.42. The van der Waals surface area contributed by atoms with E-state index in [0.717, 1.165) is 11.3 Å². The third-order valence-corrected chi connectivity index (χ3v) is 3.08. The number of rotatable bonds is 7. The Morgan fingerprint density at radius 3 is 2.26 bits per heavy atom. The molecule has 19 heavy (non-hydrogen) atoms. The molecule has 2 atom stereocenters. The zero-order chi connectivity index (χ0) is 14.4. The third-order valence-electron chi connectivity index (χ3n) is 3.08. The fourth-order valence-corrected chi connectivity index (χ4v) is 2.18. The second-order valence-corrected chi connectivity index (χ2v) is 4.85. The lowest BCUT2D eigenvalue weighted by atomic mass is 9.91. The van der Waals surface area contributed by atoms with Crippen LogP contribution >= 0.6 is 0 Å². The largest absolute Gasteiger partial charge is 0.491 e. The monoisotopic (exact) mass is 265 g/mol. The average Bonchev–Trinajstić information content (AvgIpc) is 2.35. The van der Waals surface area contributed by atoms with Gasteiger partial charge in [0.05, 0.1) is 12.0 Å². The Balaban J connectivity index is 2.90. The van der Waals surface area contributed by atoms with E-state index in [1.807, 2.05) is 45.0 Å². The van der Waals surface area contributed by atoms with Crippen LogP contribution in [0.15, 0.2) is 24.3 Å². The molecule has 0 spiro atoms. The van der Waals surface area contributed by atoms with Gasteiger partial charge in [-0.25, -0.2) is 0 Å². The van der Waals surface area contributed by atoms with Crippen LogP contribution in [-0.2, 0) is 4.79 Å². The number of carbonyl (C=O) groups is 1. The number of aliphatic carboxylic acids is 1. The van der Waals surface area contributed by atoms with E-state index in [1.165, 1.54) is 0 Å². The van der Waals surface area contributed by atoms with Crippen molar-refractivity contribution in [3.63, 3.8) is 0 Å². The molecule has 4 nitrogen and oxygen atoms in total. The number of hydrogen-bond acceptors (Lipinski definition) is 3. The van der Waals surface area contributed by atoms with Crippen molar-refractivity contribution in [2.24, 2.45) is 5.92 Å². The third kappa shape index (κ3) is 4.24. The smallest absolute Gasteiger partial charge is 0.308 e. The van der Waals surface area contributed by atoms with Crippen molar-refractivity contribution in [2.75, 3.05) is 7.05 Å². The second-order valence-electron chi connectivity index (χ2n) is 4.85. The summed E-state index contributed by atoms with van der Waals surface area (Å²) in [5.74, 6) is -0.400. The van der Waals surface area contributed by atoms with Gasteiger partial charge < -0.3 is 15.2 Å². The Morgan fingerprint density at radius 1 is 1.32 bits per heavy atom. The van der Waals surface area contributed by atoms with Gasteiger partial charge >= 0.3 is 5.97 Å². The van der Waals surface area contributed by atoms with Crippen LogP contribution in [0.1, 0.15) is 38.8 Å². The maximum absolute atomic E-state index is 11.3. The minimum atomic E-state index is -0.774. The molecule has 0 bridgehead atoms. The Morgan fingerprint density at radius 2 is 1.89 bits per heavy atom. The number of benzene rings is 1. The summed E-state index contributed by atoms with van der Waals surface area (Å²) in [7, 11) is 1.79. The van der Waals surface area contributed by atoms with Crippen LogP contribution in [-0.4, -0.2) is 24.2 Å². The van der Waals surface area contributed by atoms with Crippen molar-refractivity contribution in [1.82, 2.24) is 5.32 Å². The first kappa shape index (κ1) is 15.5. The highest BCUT2D eigenvalue weighted by atomic mass is 16.5. The Hall–Kier alpha value is -1.55. The first-order valence-electron chi connectivity index (χ1n) is 6.66. The molecule has 106 valence electrons. The van der Waals surface area contributed by atoms with E-state index in [2.05, 4.69) is 5.32 Å². The lowest BCUT2D eigenvalue weighted by Crippen LogP contribution is -2.30. The van der Waals surface area contributed by atoms with Gasteiger partial charge in [0.15, 0.2) is 0 Å². The Labute approximate surface area is 114 Å². The number of hydrogen-bond donors (Lipinski definition) is 2. The molecule has 0 aliphatic carbocycles. The van der Waals surface area contributed by atoms with Crippen LogP contribution in [0.4, 0.5) is 0 Å². The summed E-state index contributed by atoms with van der Waals surface area (Å²) in [6.45, 7) is 5.84. The highest BCUT2D eigenvalue weighted by Crippen LogP contribution is 2.26. The van der Waals surface area contributed by atoms with Crippen LogP contribution in [0.25, 0.3) is 0 Å². The Kier molecular flexibility index (Phi) is 5.83. The molecule has 4 heteroatoms. The van der Waals surface area contributed by atoms with Crippen molar-refractivity contribution in [1.29, 1.82) is 0 Å². The summed E-state index contributed by atoms with van der Waals surface area (Å²) in [5.41, 5.74) is 0.966. The molecule has 0 amide bonds.